The number of likely N-dealkylation sites (tertiary alicyclic amines) is 1. The van der Waals surface area contributed by atoms with Gasteiger partial charge in [-0.15, -0.1) is 0 Å². The zero-order valence-corrected chi connectivity index (χ0v) is 16.9. The SMILES string of the molecule is CN(C)c1nc(N2CCC3(CCC(=O)N(CC4CCCO4)C3)CC2)ncc1F. The fourth-order valence-corrected chi connectivity index (χ4v) is 4.71. The molecule has 0 aliphatic carbocycles. The van der Waals surface area contributed by atoms with E-state index in [-0.39, 0.29) is 17.4 Å². The summed E-state index contributed by atoms with van der Waals surface area (Å²) in [7, 11) is 3.56. The summed E-state index contributed by atoms with van der Waals surface area (Å²) in [5.74, 6) is 0.762. The number of hydrogen-bond acceptors (Lipinski definition) is 6. The Morgan fingerprint density at radius 1 is 1.32 bits per heavy atom. The molecule has 3 aliphatic heterocycles. The number of rotatable bonds is 4. The number of carbonyl (C=O) groups is 1. The third kappa shape index (κ3) is 3.92. The van der Waals surface area contributed by atoms with E-state index in [1.54, 1.807) is 19.0 Å². The number of carbonyl (C=O) groups excluding carboxylic acids is 1. The Hall–Kier alpha value is -1.96. The Balaban J connectivity index is 1.40. The summed E-state index contributed by atoms with van der Waals surface area (Å²) < 4.78 is 19.6. The lowest BCUT2D eigenvalue weighted by Gasteiger charge is -2.47. The lowest BCUT2D eigenvalue weighted by atomic mass is 9.72. The second kappa shape index (κ2) is 7.81. The average Bonchev–Trinajstić information content (AvgIpc) is 3.19. The topological polar surface area (TPSA) is 61.8 Å². The first-order valence-electron chi connectivity index (χ1n) is 10.3. The van der Waals surface area contributed by atoms with Crippen molar-refractivity contribution in [2.75, 3.05) is 56.7 Å². The van der Waals surface area contributed by atoms with Crippen LogP contribution in [0.15, 0.2) is 6.20 Å². The first kappa shape index (κ1) is 19.4. The highest BCUT2D eigenvalue weighted by molar-refractivity contribution is 5.77. The monoisotopic (exact) mass is 391 g/mol. The van der Waals surface area contributed by atoms with Crippen molar-refractivity contribution in [1.29, 1.82) is 0 Å². The number of piperidine rings is 2. The summed E-state index contributed by atoms with van der Waals surface area (Å²) in [6.07, 6.45) is 7.20. The molecule has 8 heteroatoms. The molecule has 1 spiro atoms. The molecule has 154 valence electrons. The van der Waals surface area contributed by atoms with Gasteiger partial charge in [0.15, 0.2) is 11.6 Å². The van der Waals surface area contributed by atoms with Gasteiger partial charge in [0.2, 0.25) is 11.9 Å². The minimum Gasteiger partial charge on any atom is -0.376 e. The molecule has 0 saturated carbocycles. The molecule has 1 atom stereocenters. The lowest BCUT2D eigenvalue weighted by molar-refractivity contribution is -0.140. The van der Waals surface area contributed by atoms with Gasteiger partial charge in [0, 0.05) is 53.3 Å². The Morgan fingerprint density at radius 2 is 2.11 bits per heavy atom. The highest BCUT2D eigenvalue weighted by atomic mass is 19.1. The first-order chi connectivity index (χ1) is 13.5. The molecule has 0 aromatic carbocycles. The molecule has 3 aliphatic rings. The van der Waals surface area contributed by atoms with E-state index >= 15 is 0 Å². The average molecular weight is 391 g/mol. The zero-order chi connectivity index (χ0) is 19.7. The number of nitrogens with zero attached hydrogens (tertiary/aromatic N) is 5. The van der Waals surface area contributed by atoms with Gasteiger partial charge in [0.25, 0.3) is 0 Å². The quantitative estimate of drug-likeness (QED) is 0.783. The second-order valence-corrected chi connectivity index (χ2v) is 8.63. The highest BCUT2D eigenvalue weighted by Crippen LogP contribution is 2.41. The van der Waals surface area contributed by atoms with Crippen molar-refractivity contribution >= 4 is 17.7 Å². The number of anilines is 2. The molecule has 3 saturated heterocycles. The molecule has 7 nitrogen and oxygen atoms in total. The van der Waals surface area contributed by atoms with E-state index in [0.29, 0.717) is 18.2 Å². The number of amides is 1. The molecule has 1 aromatic heterocycles. The highest BCUT2D eigenvalue weighted by Gasteiger charge is 2.42. The van der Waals surface area contributed by atoms with Crippen LogP contribution in [0.3, 0.4) is 0 Å². The van der Waals surface area contributed by atoms with E-state index in [2.05, 4.69) is 14.9 Å². The van der Waals surface area contributed by atoms with E-state index in [1.165, 1.54) is 6.20 Å². The van der Waals surface area contributed by atoms with Gasteiger partial charge in [-0.25, -0.2) is 9.37 Å². The van der Waals surface area contributed by atoms with E-state index in [1.807, 2.05) is 4.90 Å². The Kier molecular flexibility index (Phi) is 5.40. The number of halogens is 1. The van der Waals surface area contributed by atoms with Crippen molar-refractivity contribution in [3.05, 3.63) is 12.0 Å². The van der Waals surface area contributed by atoms with Crippen LogP contribution in [0.4, 0.5) is 16.2 Å². The van der Waals surface area contributed by atoms with Crippen LogP contribution in [0, 0.1) is 11.2 Å². The predicted octanol–water partition coefficient (Wildman–Crippen LogP) is 2.07. The fraction of sp³-hybridized carbons (Fsp3) is 0.750. The van der Waals surface area contributed by atoms with Gasteiger partial charge in [-0.3, -0.25) is 4.79 Å². The molecule has 0 N–H and O–H groups in total. The lowest BCUT2D eigenvalue weighted by Crippen LogP contribution is -2.53. The van der Waals surface area contributed by atoms with Crippen molar-refractivity contribution in [2.45, 2.75) is 44.6 Å². The van der Waals surface area contributed by atoms with E-state index in [0.717, 1.165) is 64.9 Å². The molecule has 28 heavy (non-hydrogen) atoms. The van der Waals surface area contributed by atoms with Gasteiger partial charge < -0.3 is 19.4 Å². The zero-order valence-electron chi connectivity index (χ0n) is 16.9. The van der Waals surface area contributed by atoms with Crippen molar-refractivity contribution in [3.8, 4) is 0 Å². The van der Waals surface area contributed by atoms with Crippen LogP contribution in [-0.2, 0) is 9.53 Å². The van der Waals surface area contributed by atoms with Crippen LogP contribution >= 0.6 is 0 Å². The number of ether oxygens (including phenoxy) is 1. The first-order valence-corrected chi connectivity index (χ1v) is 10.3. The summed E-state index contributed by atoms with van der Waals surface area (Å²) in [5, 5.41) is 0. The van der Waals surface area contributed by atoms with E-state index in [9.17, 15) is 9.18 Å². The Morgan fingerprint density at radius 3 is 2.79 bits per heavy atom. The van der Waals surface area contributed by atoms with Crippen molar-refractivity contribution in [1.82, 2.24) is 14.9 Å². The second-order valence-electron chi connectivity index (χ2n) is 8.63. The summed E-state index contributed by atoms with van der Waals surface area (Å²) in [6, 6.07) is 0. The van der Waals surface area contributed by atoms with Gasteiger partial charge in [-0.1, -0.05) is 0 Å². The van der Waals surface area contributed by atoms with Crippen LogP contribution in [0.2, 0.25) is 0 Å². The molecule has 1 aromatic rings. The third-order valence-corrected chi connectivity index (χ3v) is 6.44. The molecule has 0 radical (unpaired) electrons. The molecule has 3 fully saturated rings. The minimum atomic E-state index is -0.405. The normalized spacial score (nSPS) is 24.8. The van der Waals surface area contributed by atoms with Crippen molar-refractivity contribution in [2.24, 2.45) is 5.41 Å². The van der Waals surface area contributed by atoms with Gasteiger partial charge >= 0.3 is 0 Å². The summed E-state index contributed by atoms with van der Waals surface area (Å²) >= 11 is 0. The molecule has 1 amide bonds. The summed E-state index contributed by atoms with van der Waals surface area (Å²) in [5.41, 5.74) is 0.174. The van der Waals surface area contributed by atoms with E-state index < -0.39 is 5.82 Å². The van der Waals surface area contributed by atoms with Crippen LogP contribution in [0.25, 0.3) is 0 Å². The van der Waals surface area contributed by atoms with Gasteiger partial charge in [0.1, 0.15) is 0 Å². The van der Waals surface area contributed by atoms with Crippen molar-refractivity contribution in [3.63, 3.8) is 0 Å². The fourth-order valence-electron chi connectivity index (χ4n) is 4.71. The summed E-state index contributed by atoms with van der Waals surface area (Å²) in [6.45, 7) is 4.05. The standard InChI is InChI=1S/C20H30FN5O2/c1-24(2)18-16(21)12-22-19(23-18)25-9-7-20(8-10-25)6-5-17(27)26(14-20)13-15-4-3-11-28-15/h12,15H,3-11,13-14H2,1-2H3. The molecule has 4 rings (SSSR count). The number of aromatic nitrogens is 2. The van der Waals surface area contributed by atoms with Crippen LogP contribution in [0.1, 0.15) is 38.5 Å². The maximum atomic E-state index is 13.9. The van der Waals surface area contributed by atoms with Gasteiger partial charge in [0.05, 0.1) is 12.3 Å². The van der Waals surface area contributed by atoms with Crippen LogP contribution in [-0.4, -0.2) is 73.8 Å². The Bertz CT molecular complexity index is 715. The molecule has 1 unspecified atom stereocenters. The van der Waals surface area contributed by atoms with E-state index in [4.69, 9.17) is 4.74 Å². The third-order valence-electron chi connectivity index (χ3n) is 6.44. The molecular weight excluding hydrogens is 361 g/mol. The Labute approximate surface area is 165 Å². The molecular formula is C20H30FN5O2. The minimum absolute atomic E-state index is 0.174. The maximum absolute atomic E-state index is 13.9. The van der Waals surface area contributed by atoms with Gasteiger partial charge in [-0.2, -0.15) is 4.98 Å². The van der Waals surface area contributed by atoms with Crippen LogP contribution < -0.4 is 9.80 Å². The summed E-state index contributed by atoms with van der Waals surface area (Å²) in [4.78, 5) is 26.9. The molecule has 0 bridgehead atoms. The molecule has 4 heterocycles. The number of hydrogen-bond donors (Lipinski definition) is 0. The van der Waals surface area contributed by atoms with Crippen molar-refractivity contribution < 1.29 is 13.9 Å². The smallest absolute Gasteiger partial charge is 0.227 e. The maximum Gasteiger partial charge on any atom is 0.227 e. The predicted molar refractivity (Wildman–Crippen MR) is 105 cm³/mol. The largest absolute Gasteiger partial charge is 0.376 e. The van der Waals surface area contributed by atoms with Crippen LogP contribution in [0.5, 0.6) is 0 Å². The van der Waals surface area contributed by atoms with Gasteiger partial charge in [-0.05, 0) is 37.5 Å².